The number of anilines is 1. The summed E-state index contributed by atoms with van der Waals surface area (Å²) in [7, 11) is 0. The molecule has 0 saturated carbocycles. The number of nitrogens with one attached hydrogen (secondary N) is 1. The fraction of sp³-hybridized carbons (Fsp3) is 0.333. The van der Waals surface area contributed by atoms with Crippen LogP contribution in [-0.2, 0) is 9.53 Å². The number of carboxylic acid groups (broad SMARTS) is 1. The summed E-state index contributed by atoms with van der Waals surface area (Å²) in [5.41, 5.74) is 0.0843. The fourth-order valence-electron chi connectivity index (χ4n) is 1.82. The van der Waals surface area contributed by atoms with E-state index in [1.807, 2.05) is 0 Å². The molecule has 1 amide bonds. The minimum absolute atomic E-state index is 0.0335. The lowest BCUT2D eigenvalue weighted by Crippen LogP contribution is -2.27. The monoisotopic (exact) mass is 269 g/mol. The molecule has 0 aromatic heterocycles. The van der Waals surface area contributed by atoms with Gasteiger partial charge < -0.3 is 15.2 Å². The van der Waals surface area contributed by atoms with E-state index in [0.29, 0.717) is 13.0 Å². The second kappa shape index (κ2) is 5.37. The van der Waals surface area contributed by atoms with Crippen LogP contribution in [0.3, 0.4) is 0 Å². The number of para-hydroxylation sites is 1. The zero-order valence-electron chi connectivity index (χ0n) is 9.48. The molecule has 1 atom stereocenters. The van der Waals surface area contributed by atoms with Gasteiger partial charge in [0, 0.05) is 6.61 Å². The van der Waals surface area contributed by atoms with Gasteiger partial charge in [-0.15, -0.1) is 0 Å². The molecule has 0 spiro atoms. The lowest BCUT2D eigenvalue weighted by molar-refractivity contribution is -0.124. The summed E-state index contributed by atoms with van der Waals surface area (Å²) in [5, 5.41) is 11.7. The molecule has 1 aromatic rings. The molecule has 0 aliphatic carbocycles. The molecule has 1 fully saturated rings. The third kappa shape index (κ3) is 2.63. The number of hydrogen-bond donors (Lipinski definition) is 2. The van der Waals surface area contributed by atoms with Gasteiger partial charge in [-0.2, -0.15) is 0 Å². The summed E-state index contributed by atoms with van der Waals surface area (Å²) in [6, 6.07) is 4.44. The van der Waals surface area contributed by atoms with Crippen molar-refractivity contribution >= 4 is 29.2 Å². The maximum atomic E-state index is 11.9. The van der Waals surface area contributed by atoms with E-state index in [9.17, 15) is 9.59 Å². The lowest BCUT2D eigenvalue weighted by atomic mass is 10.1. The topological polar surface area (TPSA) is 75.6 Å². The van der Waals surface area contributed by atoms with Gasteiger partial charge in [0.2, 0.25) is 0 Å². The van der Waals surface area contributed by atoms with Crippen LogP contribution in [0.4, 0.5) is 5.69 Å². The van der Waals surface area contributed by atoms with E-state index < -0.39 is 12.1 Å². The maximum absolute atomic E-state index is 11.9. The molecule has 0 unspecified atom stereocenters. The van der Waals surface area contributed by atoms with Gasteiger partial charge in [0.15, 0.2) is 0 Å². The van der Waals surface area contributed by atoms with Gasteiger partial charge in [-0.05, 0) is 25.0 Å². The number of carboxylic acids is 1. The van der Waals surface area contributed by atoms with E-state index in [1.165, 1.54) is 18.2 Å². The molecule has 2 rings (SSSR count). The zero-order valence-corrected chi connectivity index (χ0v) is 10.2. The van der Waals surface area contributed by atoms with Crippen LogP contribution in [0.25, 0.3) is 0 Å². The number of carbonyl (C=O) groups excluding carboxylic acids is 1. The van der Waals surface area contributed by atoms with Crippen LogP contribution >= 0.6 is 11.6 Å². The maximum Gasteiger partial charge on any atom is 0.337 e. The van der Waals surface area contributed by atoms with Crippen LogP contribution in [-0.4, -0.2) is 29.7 Å². The second-order valence-corrected chi connectivity index (χ2v) is 4.37. The Labute approximate surface area is 109 Å². The number of amides is 1. The summed E-state index contributed by atoms with van der Waals surface area (Å²) in [6.07, 6.45) is 0.938. The Kier molecular flexibility index (Phi) is 3.84. The molecule has 6 heteroatoms. The Balaban J connectivity index is 2.22. The van der Waals surface area contributed by atoms with Gasteiger partial charge in [0.1, 0.15) is 6.10 Å². The first-order valence-electron chi connectivity index (χ1n) is 5.54. The molecule has 1 saturated heterocycles. The Bertz CT molecular complexity index is 483. The normalized spacial score (nSPS) is 18.6. The highest BCUT2D eigenvalue weighted by molar-refractivity contribution is 6.34. The first-order valence-corrected chi connectivity index (χ1v) is 5.91. The number of aromatic carboxylic acids is 1. The van der Waals surface area contributed by atoms with E-state index in [4.69, 9.17) is 21.4 Å². The minimum atomic E-state index is -1.14. The van der Waals surface area contributed by atoms with Crippen molar-refractivity contribution in [3.05, 3.63) is 28.8 Å². The number of benzene rings is 1. The van der Waals surface area contributed by atoms with E-state index in [-0.39, 0.29) is 22.2 Å². The molecule has 1 aliphatic rings. The molecular formula is C12H12ClNO4. The van der Waals surface area contributed by atoms with Gasteiger partial charge >= 0.3 is 5.97 Å². The largest absolute Gasteiger partial charge is 0.478 e. The molecule has 1 heterocycles. The van der Waals surface area contributed by atoms with Gasteiger partial charge in [0.05, 0.1) is 16.3 Å². The van der Waals surface area contributed by atoms with Crippen LogP contribution in [0.15, 0.2) is 18.2 Å². The van der Waals surface area contributed by atoms with E-state index >= 15 is 0 Å². The first-order chi connectivity index (χ1) is 8.59. The van der Waals surface area contributed by atoms with E-state index in [1.54, 1.807) is 0 Å². The molecule has 0 bridgehead atoms. The highest BCUT2D eigenvalue weighted by Gasteiger charge is 2.25. The molecule has 96 valence electrons. The molecule has 5 nitrogen and oxygen atoms in total. The Hall–Kier alpha value is -1.59. The third-order valence-corrected chi connectivity index (χ3v) is 3.03. The lowest BCUT2D eigenvalue weighted by Gasteiger charge is -2.13. The number of ether oxygens (including phenoxy) is 1. The highest BCUT2D eigenvalue weighted by atomic mass is 35.5. The Morgan fingerprint density at radius 3 is 2.83 bits per heavy atom. The first kappa shape index (κ1) is 12.9. The van der Waals surface area contributed by atoms with Crippen LogP contribution < -0.4 is 5.32 Å². The van der Waals surface area contributed by atoms with Gasteiger partial charge in [-0.1, -0.05) is 17.7 Å². The molecular weight excluding hydrogens is 258 g/mol. The summed E-state index contributed by atoms with van der Waals surface area (Å²) in [4.78, 5) is 22.9. The predicted octanol–water partition coefficient (Wildman–Crippen LogP) is 2.16. The summed E-state index contributed by atoms with van der Waals surface area (Å²) in [5.74, 6) is -1.50. The molecule has 1 aromatic carbocycles. The summed E-state index contributed by atoms with van der Waals surface area (Å²) >= 11 is 5.91. The van der Waals surface area contributed by atoms with Gasteiger partial charge in [-0.3, -0.25) is 4.79 Å². The Morgan fingerprint density at radius 2 is 2.22 bits per heavy atom. The number of hydrogen-bond acceptors (Lipinski definition) is 3. The Morgan fingerprint density at radius 1 is 1.44 bits per heavy atom. The van der Waals surface area contributed by atoms with Crippen LogP contribution in [0.2, 0.25) is 5.02 Å². The molecule has 18 heavy (non-hydrogen) atoms. The highest BCUT2D eigenvalue weighted by Crippen LogP contribution is 2.27. The SMILES string of the molecule is O=C(O)c1cccc(Cl)c1NC(=O)[C@H]1CCCO1. The van der Waals surface area contributed by atoms with Crippen molar-refractivity contribution in [2.75, 3.05) is 11.9 Å². The van der Waals surface area contributed by atoms with Crippen molar-refractivity contribution in [1.82, 2.24) is 0 Å². The van der Waals surface area contributed by atoms with Crippen LogP contribution in [0.1, 0.15) is 23.2 Å². The fourth-order valence-corrected chi connectivity index (χ4v) is 2.04. The van der Waals surface area contributed by atoms with Crippen molar-refractivity contribution in [1.29, 1.82) is 0 Å². The van der Waals surface area contributed by atoms with E-state index in [0.717, 1.165) is 6.42 Å². The zero-order chi connectivity index (χ0) is 13.1. The van der Waals surface area contributed by atoms with Crippen molar-refractivity contribution in [3.63, 3.8) is 0 Å². The molecule has 1 aliphatic heterocycles. The van der Waals surface area contributed by atoms with Gasteiger partial charge in [0.25, 0.3) is 5.91 Å². The number of halogens is 1. The van der Waals surface area contributed by atoms with Crippen molar-refractivity contribution in [3.8, 4) is 0 Å². The summed E-state index contributed by atoms with van der Waals surface area (Å²) in [6.45, 7) is 0.548. The quantitative estimate of drug-likeness (QED) is 0.882. The van der Waals surface area contributed by atoms with Crippen molar-refractivity contribution in [2.45, 2.75) is 18.9 Å². The summed E-state index contributed by atoms with van der Waals surface area (Å²) < 4.78 is 5.22. The molecule has 0 radical (unpaired) electrons. The van der Waals surface area contributed by atoms with Crippen LogP contribution in [0, 0.1) is 0 Å². The third-order valence-electron chi connectivity index (χ3n) is 2.71. The molecule has 2 N–H and O–H groups in total. The predicted molar refractivity (Wildman–Crippen MR) is 66.0 cm³/mol. The smallest absolute Gasteiger partial charge is 0.337 e. The van der Waals surface area contributed by atoms with Crippen molar-refractivity contribution in [2.24, 2.45) is 0 Å². The van der Waals surface area contributed by atoms with Gasteiger partial charge in [-0.25, -0.2) is 4.79 Å². The average Bonchev–Trinajstić information content (AvgIpc) is 2.85. The van der Waals surface area contributed by atoms with E-state index in [2.05, 4.69) is 5.32 Å². The van der Waals surface area contributed by atoms with Crippen LogP contribution in [0.5, 0.6) is 0 Å². The minimum Gasteiger partial charge on any atom is -0.478 e. The van der Waals surface area contributed by atoms with Crippen molar-refractivity contribution < 1.29 is 19.4 Å². The second-order valence-electron chi connectivity index (χ2n) is 3.96. The standard InChI is InChI=1S/C12H12ClNO4/c13-8-4-1-3-7(12(16)17)10(8)14-11(15)9-5-2-6-18-9/h1,3-4,9H,2,5-6H2,(H,14,15)(H,16,17)/t9-/m1/s1. The number of rotatable bonds is 3. The number of carbonyl (C=O) groups is 2. The average molecular weight is 270 g/mol.